The van der Waals surface area contributed by atoms with Crippen LogP contribution in [-0.4, -0.2) is 0 Å². The molecule has 0 saturated carbocycles. The van der Waals surface area contributed by atoms with Gasteiger partial charge in [-0.3, -0.25) is 0 Å². The minimum absolute atomic E-state index is 1.000. The first-order valence-corrected chi connectivity index (χ1v) is 6.26. The van der Waals surface area contributed by atoms with E-state index in [-0.39, 0.29) is 0 Å². The molecule has 0 fully saturated rings. The van der Waals surface area contributed by atoms with Crippen LogP contribution in [0, 0.1) is 5.92 Å². The molecule has 0 unspecified atom stereocenters. The van der Waals surface area contributed by atoms with Crippen molar-refractivity contribution in [2.75, 3.05) is 0 Å². The van der Waals surface area contributed by atoms with E-state index in [2.05, 4.69) is 34.6 Å². The molecule has 13 heavy (non-hydrogen) atoms. The van der Waals surface area contributed by atoms with E-state index in [0.29, 0.717) is 0 Å². The summed E-state index contributed by atoms with van der Waals surface area (Å²) in [6.07, 6.45) is 6.76. The van der Waals surface area contributed by atoms with E-state index in [4.69, 9.17) is 0 Å². The summed E-state index contributed by atoms with van der Waals surface area (Å²) >= 11 is 0. The molecule has 0 spiro atoms. The lowest BCUT2D eigenvalue weighted by molar-refractivity contribution is 0.451. The Morgan fingerprint density at radius 2 is 1.08 bits per heavy atom. The van der Waals surface area contributed by atoms with Gasteiger partial charge in [0.05, 0.1) is 0 Å². The predicted molar refractivity (Wildman–Crippen MR) is 66.3 cm³/mol. The molecule has 0 aliphatic heterocycles. The zero-order valence-electron chi connectivity index (χ0n) is 11.1. The molecule has 0 N–H and O–H groups in total. The molecule has 0 bridgehead atoms. The molecule has 0 atom stereocenters. The summed E-state index contributed by atoms with van der Waals surface area (Å²) < 4.78 is 0. The van der Waals surface area contributed by atoms with Crippen LogP contribution in [0.1, 0.15) is 80.6 Å². The fourth-order valence-electron chi connectivity index (χ4n) is 1.11. The second-order valence-electron chi connectivity index (χ2n) is 3.18. The summed E-state index contributed by atoms with van der Waals surface area (Å²) in [5.41, 5.74) is 0. The molecule has 0 heteroatoms. The lowest BCUT2D eigenvalue weighted by Gasteiger charge is -2.08. The SMILES string of the molecule is CC.CCC.CCCC(CC)CC. The van der Waals surface area contributed by atoms with Gasteiger partial charge in [0.15, 0.2) is 0 Å². The predicted octanol–water partition coefficient (Wildman–Crippen LogP) is 5.67. The van der Waals surface area contributed by atoms with Gasteiger partial charge < -0.3 is 0 Å². The number of hydrogen-bond acceptors (Lipinski definition) is 0. The first-order chi connectivity index (χ1) is 6.26. The van der Waals surface area contributed by atoms with Crippen LogP contribution in [0.4, 0.5) is 0 Å². The lowest BCUT2D eigenvalue weighted by atomic mass is 9.98. The van der Waals surface area contributed by atoms with Gasteiger partial charge >= 0.3 is 0 Å². The van der Waals surface area contributed by atoms with E-state index >= 15 is 0 Å². The Hall–Kier alpha value is 0. The van der Waals surface area contributed by atoms with Gasteiger partial charge in [-0.1, -0.05) is 80.6 Å². The third kappa shape index (κ3) is 24.5. The molecule has 0 nitrogen and oxygen atoms in total. The van der Waals surface area contributed by atoms with Gasteiger partial charge in [-0.2, -0.15) is 0 Å². The average molecular weight is 188 g/mol. The van der Waals surface area contributed by atoms with Gasteiger partial charge in [0, 0.05) is 0 Å². The quantitative estimate of drug-likeness (QED) is 0.533. The first-order valence-electron chi connectivity index (χ1n) is 6.26. The van der Waals surface area contributed by atoms with Crippen molar-refractivity contribution >= 4 is 0 Å². The highest BCUT2D eigenvalue weighted by Gasteiger charge is 1.98. The molecule has 0 rings (SSSR count). The highest BCUT2D eigenvalue weighted by atomic mass is 14.0. The molecule has 0 radical (unpaired) electrons. The van der Waals surface area contributed by atoms with Crippen molar-refractivity contribution in [2.45, 2.75) is 80.6 Å². The Labute approximate surface area is 87.1 Å². The van der Waals surface area contributed by atoms with Crippen LogP contribution in [-0.2, 0) is 0 Å². The zero-order valence-corrected chi connectivity index (χ0v) is 11.1. The fourth-order valence-corrected chi connectivity index (χ4v) is 1.11. The minimum atomic E-state index is 1.000. The van der Waals surface area contributed by atoms with Gasteiger partial charge in [-0.05, 0) is 5.92 Å². The van der Waals surface area contributed by atoms with Crippen molar-refractivity contribution in [3.05, 3.63) is 0 Å². The Morgan fingerprint density at radius 3 is 1.15 bits per heavy atom. The largest absolute Gasteiger partial charge is 0.0683 e. The summed E-state index contributed by atoms with van der Waals surface area (Å²) in [5, 5.41) is 0. The molecule has 0 amide bonds. The Morgan fingerprint density at radius 1 is 0.769 bits per heavy atom. The van der Waals surface area contributed by atoms with E-state index in [9.17, 15) is 0 Å². The van der Waals surface area contributed by atoms with Gasteiger partial charge in [0.2, 0.25) is 0 Å². The Balaban J connectivity index is -0.000000169. The van der Waals surface area contributed by atoms with Crippen LogP contribution in [0.3, 0.4) is 0 Å². The molecule has 0 aliphatic carbocycles. The second kappa shape index (κ2) is 22.7. The highest BCUT2D eigenvalue weighted by molar-refractivity contribution is 4.51. The summed E-state index contributed by atoms with van der Waals surface area (Å²) in [5.74, 6) is 1.000. The number of hydrogen-bond donors (Lipinski definition) is 0. The van der Waals surface area contributed by atoms with Gasteiger partial charge in [-0.15, -0.1) is 0 Å². The molecule has 0 aromatic heterocycles. The van der Waals surface area contributed by atoms with Gasteiger partial charge in [-0.25, -0.2) is 0 Å². The smallest absolute Gasteiger partial charge is 0.0420 e. The molecule has 0 heterocycles. The lowest BCUT2D eigenvalue weighted by Crippen LogP contribution is -1.94. The van der Waals surface area contributed by atoms with Crippen molar-refractivity contribution in [1.29, 1.82) is 0 Å². The minimum Gasteiger partial charge on any atom is -0.0683 e. The molecule has 0 aliphatic rings. The topological polar surface area (TPSA) is 0 Å². The highest BCUT2D eigenvalue weighted by Crippen LogP contribution is 2.13. The van der Waals surface area contributed by atoms with Gasteiger partial charge in [0.25, 0.3) is 0 Å². The Bertz CT molecular complexity index is 44.0. The molecule has 0 aromatic rings. The van der Waals surface area contributed by atoms with Crippen LogP contribution in [0.5, 0.6) is 0 Å². The van der Waals surface area contributed by atoms with Crippen LogP contribution in [0.25, 0.3) is 0 Å². The summed E-state index contributed by atoms with van der Waals surface area (Å²) in [6.45, 7) is 15.1. The van der Waals surface area contributed by atoms with Crippen LogP contribution in [0.15, 0.2) is 0 Å². The zero-order chi connectivity index (χ0) is 11.1. The molecule has 0 aromatic carbocycles. The van der Waals surface area contributed by atoms with Crippen molar-refractivity contribution in [2.24, 2.45) is 5.92 Å². The summed E-state index contributed by atoms with van der Waals surface area (Å²) in [6, 6.07) is 0. The van der Waals surface area contributed by atoms with Crippen molar-refractivity contribution in [1.82, 2.24) is 0 Å². The van der Waals surface area contributed by atoms with Crippen LogP contribution >= 0.6 is 0 Å². The van der Waals surface area contributed by atoms with Crippen molar-refractivity contribution < 1.29 is 0 Å². The molecular formula is C13H32. The summed E-state index contributed by atoms with van der Waals surface area (Å²) in [7, 11) is 0. The van der Waals surface area contributed by atoms with E-state index < -0.39 is 0 Å². The fraction of sp³-hybridized carbons (Fsp3) is 1.00. The Kier molecular flexibility index (Phi) is 32.7. The van der Waals surface area contributed by atoms with Crippen molar-refractivity contribution in [3.63, 3.8) is 0 Å². The van der Waals surface area contributed by atoms with Crippen molar-refractivity contribution in [3.8, 4) is 0 Å². The van der Waals surface area contributed by atoms with E-state index in [1.165, 1.54) is 32.1 Å². The van der Waals surface area contributed by atoms with E-state index in [1.54, 1.807) is 0 Å². The molecular weight excluding hydrogens is 156 g/mol. The van der Waals surface area contributed by atoms with E-state index in [1.807, 2.05) is 13.8 Å². The first kappa shape index (κ1) is 18.7. The maximum absolute atomic E-state index is 2.28. The summed E-state index contributed by atoms with van der Waals surface area (Å²) in [4.78, 5) is 0. The second-order valence-corrected chi connectivity index (χ2v) is 3.18. The third-order valence-electron chi connectivity index (χ3n) is 1.85. The normalized spacial score (nSPS) is 8.31. The molecule has 84 valence electrons. The van der Waals surface area contributed by atoms with Crippen LogP contribution < -0.4 is 0 Å². The van der Waals surface area contributed by atoms with E-state index in [0.717, 1.165) is 5.92 Å². The molecule has 0 saturated heterocycles. The third-order valence-corrected chi connectivity index (χ3v) is 1.85. The average Bonchev–Trinajstić information content (AvgIpc) is 2.18. The van der Waals surface area contributed by atoms with Crippen LogP contribution in [0.2, 0.25) is 0 Å². The maximum atomic E-state index is 2.28. The monoisotopic (exact) mass is 188 g/mol. The standard InChI is InChI=1S/C8H18.C3H8.C2H6/c1-4-7-8(5-2)6-3;1-3-2;1-2/h8H,4-7H2,1-3H3;3H2,1-2H3;1-2H3. The maximum Gasteiger partial charge on any atom is -0.0420 e. The van der Waals surface area contributed by atoms with Gasteiger partial charge in [0.1, 0.15) is 0 Å². The number of rotatable bonds is 4.